The van der Waals surface area contributed by atoms with Crippen molar-refractivity contribution in [1.29, 1.82) is 0 Å². The van der Waals surface area contributed by atoms with Gasteiger partial charge < -0.3 is 9.84 Å². The average Bonchev–Trinajstić information content (AvgIpc) is 2.29. The summed E-state index contributed by atoms with van der Waals surface area (Å²) in [6.45, 7) is 0. The van der Waals surface area contributed by atoms with E-state index in [1.165, 1.54) is 7.11 Å². The first kappa shape index (κ1) is 10.9. The van der Waals surface area contributed by atoms with Crippen molar-refractivity contribution < 1.29 is 9.84 Å². The van der Waals surface area contributed by atoms with Crippen molar-refractivity contribution in [3.63, 3.8) is 0 Å². The molecule has 0 atom stereocenters. The summed E-state index contributed by atoms with van der Waals surface area (Å²) in [5.74, 6) is 0.143. The SMILES string of the molecule is COc1ccc(-c2c(O)c(=O)c2=O)cc1Br. The van der Waals surface area contributed by atoms with E-state index in [2.05, 4.69) is 15.9 Å². The maximum absolute atomic E-state index is 11.2. The van der Waals surface area contributed by atoms with Gasteiger partial charge in [0.25, 0.3) is 5.43 Å². The number of aromatic hydroxyl groups is 1. The van der Waals surface area contributed by atoms with Crippen LogP contribution in [0.2, 0.25) is 0 Å². The molecule has 0 amide bonds. The van der Waals surface area contributed by atoms with Crippen LogP contribution in [0.5, 0.6) is 11.5 Å². The van der Waals surface area contributed by atoms with Gasteiger partial charge in [-0.15, -0.1) is 0 Å². The molecule has 0 saturated carbocycles. The molecular weight excluding hydrogens is 276 g/mol. The maximum atomic E-state index is 11.2. The van der Waals surface area contributed by atoms with Crippen molar-refractivity contribution in [2.45, 2.75) is 0 Å². The number of benzene rings is 1. The molecule has 0 aliphatic rings. The van der Waals surface area contributed by atoms with E-state index >= 15 is 0 Å². The largest absolute Gasteiger partial charge is 0.503 e. The minimum Gasteiger partial charge on any atom is -0.503 e. The molecule has 2 aromatic carbocycles. The van der Waals surface area contributed by atoms with Crippen LogP contribution in [-0.2, 0) is 0 Å². The Bertz CT molecular complexity index is 623. The molecule has 16 heavy (non-hydrogen) atoms. The molecule has 5 heteroatoms. The lowest BCUT2D eigenvalue weighted by Gasteiger charge is -2.08. The summed E-state index contributed by atoms with van der Waals surface area (Å²) in [5.41, 5.74) is -0.931. The van der Waals surface area contributed by atoms with Gasteiger partial charge in [-0.3, -0.25) is 9.59 Å². The van der Waals surface area contributed by atoms with Crippen LogP contribution < -0.4 is 15.6 Å². The Kier molecular flexibility index (Phi) is 2.55. The van der Waals surface area contributed by atoms with E-state index in [1.54, 1.807) is 18.2 Å². The summed E-state index contributed by atoms with van der Waals surface area (Å²) in [4.78, 5) is 22.1. The van der Waals surface area contributed by atoms with Crippen LogP contribution in [0.25, 0.3) is 11.1 Å². The van der Waals surface area contributed by atoms with Gasteiger partial charge in [0.1, 0.15) is 5.75 Å². The summed E-state index contributed by atoms with van der Waals surface area (Å²) in [7, 11) is 1.52. The fourth-order valence-electron chi connectivity index (χ4n) is 1.47. The molecule has 0 bridgehead atoms. The van der Waals surface area contributed by atoms with Gasteiger partial charge in [0.2, 0.25) is 5.43 Å². The minimum absolute atomic E-state index is 0.0633. The molecule has 2 rings (SSSR count). The lowest BCUT2D eigenvalue weighted by molar-refractivity contribution is 0.412. The Balaban J connectivity index is 2.56. The van der Waals surface area contributed by atoms with Gasteiger partial charge in [-0.2, -0.15) is 0 Å². The molecule has 0 aliphatic heterocycles. The zero-order valence-corrected chi connectivity index (χ0v) is 9.87. The van der Waals surface area contributed by atoms with Crippen LogP contribution in [0.4, 0.5) is 0 Å². The predicted molar refractivity (Wildman–Crippen MR) is 62.7 cm³/mol. The Hall–Kier alpha value is -1.62. The highest BCUT2D eigenvalue weighted by Gasteiger charge is 2.21. The highest BCUT2D eigenvalue weighted by atomic mass is 79.9. The minimum atomic E-state index is -0.832. The lowest BCUT2D eigenvalue weighted by Crippen LogP contribution is -2.31. The van der Waals surface area contributed by atoms with Crippen molar-refractivity contribution in [1.82, 2.24) is 0 Å². The van der Waals surface area contributed by atoms with Crippen LogP contribution in [0.15, 0.2) is 32.3 Å². The third kappa shape index (κ3) is 1.44. The summed E-state index contributed by atoms with van der Waals surface area (Å²) in [6.07, 6.45) is 0. The molecule has 0 spiro atoms. The van der Waals surface area contributed by atoms with Gasteiger partial charge in [0.15, 0.2) is 5.75 Å². The van der Waals surface area contributed by atoms with Crippen LogP contribution >= 0.6 is 15.9 Å². The molecule has 0 radical (unpaired) electrons. The van der Waals surface area contributed by atoms with Crippen LogP contribution in [-0.4, -0.2) is 12.2 Å². The van der Waals surface area contributed by atoms with E-state index < -0.39 is 16.6 Å². The molecule has 4 nitrogen and oxygen atoms in total. The first-order chi connectivity index (χ1) is 7.56. The van der Waals surface area contributed by atoms with E-state index in [1.807, 2.05) is 0 Å². The van der Waals surface area contributed by atoms with Gasteiger partial charge in [-0.25, -0.2) is 0 Å². The molecule has 0 aliphatic carbocycles. The zero-order valence-electron chi connectivity index (χ0n) is 8.28. The fraction of sp³-hybridized carbons (Fsp3) is 0.0909. The number of ether oxygens (including phenoxy) is 1. The summed E-state index contributed by atoms with van der Waals surface area (Å²) < 4.78 is 5.68. The standard InChI is InChI=1S/C11H7BrO4/c1-16-7-3-2-5(4-6(7)12)8-9(13)11(15)10(8)14/h2-4,13H,1H3. The first-order valence-electron chi connectivity index (χ1n) is 4.42. The van der Waals surface area contributed by atoms with Gasteiger partial charge >= 0.3 is 0 Å². The monoisotopic (exact) mass is 282 g/mol. The number of halogens is 1. The van der Waals surface area contributed by atoms with Crippen molar-refractivity contribution in [3.8, 4) is 22.6 Å². The van der Waals surface area contributed by atoms with Gasteiger partial charge in [-0.1, -0.05) is 6.07 Å². The van der Waals surface area contributed by atoms with Gasteiger partial charge in [-0.05, 0) is 33.6 Å². The Morgan fingerprint density at radius 2 is 1.94 bits per heavy atom. The number of hydrogen-bond acceptors (Lipinski definition) is 4. The number of hydrogen-bond donors (Lipinski definition) is 1. The number of rotatable bonds is 2. The molecule has 2 aromatic rings. The molecule has 82 valence electrons. The van der Waals surface area contributed by atoms with Crippen molar-refractivity contribution in [3.05, 3.63) is 43.1 Å². The van der Waals surface area contributed by atoms with Gasteiger partial charge in [0.05, 0.1) is 17.1 Å². The second-order valence-electron chi connectivity index (χ2n) is 3.23. The van der Waals surface area contributed by atoms with Crippen molar-refractivity contribution in [2.24, 2.45) is 0 Å². The van der Waals surface area contributed by atoms with Crippen LogP contribution in [0, 0.1) is 0 Å². The molecule has 0 heterocycles. The third-order valence-electron chi connectivity index (χ3n) is 2.33. The first-order valence-corrected chi connectivity index (χ1v) is 5.21. The Morgan fingerprint density at radius 1 is 1.25 bits per heavy atom. The summed E-state index contributed by atoms with van der Waals surface area (Å²) in [5, 5.41) is 9.28. The Labute approximate surface area is 98.9 Å². The molecular formula is C11H7BrO4. The van der Waals surface area contributed by atoms with E-state index in [0.717, 1.165) is 0 Å². The van der Waals surface area contributed by atoms with E-state index in [4.69, 9.17) is 4.74 Å². The highest BCUT2D eigenvalue weighted by molar-refractivity contribution is 9.10. The second kappa shape index (κ2) is 3.75. The predicted octanol–water partition coefficient (Wildman–Crippen LogP) is 1.43. The fourth-order valence-corrected chi connectivity index (χ4v) is 2.01. The molecule has 0 fully saturated rings. The summed E-state index contributed by atoms with van der Waals surface area (Å²) >= 11 is 3.26. The van der Waals surface area contributed by atoms with E-state index in [-0.39, 0.29) is 5.56 Å². The summed E-state index contributed by atoms with van der Waals surface area (Å²) in [6, 6.07) is 4.88. The van der Waals surface area contributed by atoms with E-state index in [0.29, 0.717) is 15.8 Å². The maximum Gasteiger partial charge on any atom is 0.268 e. The Morgan fingerprint density at radius 3 is 2.44 bits per heavy atom. The zero-order chi connectivity index (χ0) is 11.9. The second-order valence-corrected chi connectivity index (χ2v) is 4.09. The van der Waals surface area contributed by atoms with Crippen LogP contribution in [0.1, 0.15) is 0 Å². The molecule has 0 aromatic heterocycles. The van der Waals surface area contributed by atoms with E-state index in [9.17, 15) is 14.7 Å². The van der Waals surface area contributed by atoms with Gasteiger partial charge in [0, 0.05) is 0 Å². The normalized spacial score (nSPS) is 10.6. The lowest BCUT2D eigenvalue weighted by atomic mass is 10.0. The topological polar surface area (TPSA) is 63.6 Å². The average molecular weight is 283 g/mol. The number of methoxy groups -OCH3 is 1. The quantitative estimate of drug-likeness (QED) is 0.847. The molecule has 1 N–H and O–H groups in total. The highest BCUT2D eigenvalue weighted by Crippen LogP contribution is 2.32. The third-order valence-corrected chi connectivity index (χ3v) is 2.95. The smallest absolute Gasteiger partial charge is 0.268 e. The molecule has 0 unspecified atom stereocenters. The van der Waals surface area contributed by atoms with Crippen molar-refractivity contribution in [2.75, 3.05) is 7.11 Å². The van der Waals surface area contributed by atoms with Crippen LogP contribution in [0.3, 0.4) is 0 Å². The molecule has 0 saturated heterocycles. The van der Waals surface area contributed by atoms with Crippen molar-refractivity contribution >= 4 is 15.9 Å².